The van der Waals surface area contributed by atoms with Gasteiger partial charge in [-0.1, -0.05) is 6.07 Å². The van der Waals surface area contributed by atoms with Crippen molar-refractivity contribution in [3.63, 3.8) is 0 Å². The Morgan fingerprint density at radius 2 is 1.93 bits per heavy atom. The van der Waals surface area contributed by atoms with Gasteiger partial charge in [-0.05, 0) is 48.0 Å². The van der Waals surface area contributed by atoms with E-state index in [0.29, 0.717) is 17.8 Å². The summed E-state index contributed by atoms with van der Waals surface area (Å²) in [5, 5.41) is 5.58. The van der Waals surface area contributed by atoms with Crippen LogP contribution in [-0.4, -0.2) is 30.9 Å². The molecule has 0 saturated heterocycles. The minimum atomic E-state index is -0.370. The lowest BCUT2D eigenvalue weighted by Gasteiger charge is -2.12. The maximum Gasteiger partial charge on any atom is 0.291 e. The van der Waals surface area contributed by atoms with Crippen LogP contribution in [0.2, 0.25) is 0 Å². The highest BCUT2D eigenvalue weighted by atomic mass is 16.3. The number of amides is 2. The number of pyridine rings is 1. The summed E-state index contributed by atoms with van der Waals surface area (Å²) in [5.74, 6) is 0.432. The van der Waals surface area contributed by atoms with Crippen LogP contribution >= 0.6 is 0 Å². The van der Waals surface area contributed by atoms with Crippen LogP contribution in [0, 0.1) is 0 Å². The first kappa shape index (κ1) is 18.2. The average molecular weight is 364 g/mol. The van der Waals surface area contributed by atoms with E-state index in [0.717, 1.165) is 11.4 Å². The number of hydrogen-bond acceptors (Lipinski definition) is 5. The number of furan rings is 1. The van der Waals surface area contributed by atoms with Crippen molar-refractivity contribution in [3.05, 3.63) is 77.9 Å². The van der Waals surface area contributed by atoms with E-state index in [9.17, 15) is 9.59 Å². The van der Waals surface area contributed by atoms with E-state index >= 15 is 0 Å². The summed E-state index contributed by atoms with van der Waals surface area (Å²) >= 11 is 0. The Balaban J connectivity index is 1.63. The van der Waals surface area contributed by atoms with Crippen molar-refractivity contribution in [1.29, 1.82) is 0 Å². The van der Waals surface area contributed by atoms with Crippen molar-refractivity contribution in [2.75, 3.05) is 24.3 Å². The van der Waals surface area contributed by atoms with E-state index in [1.165, 1.54) is 6.26 Å². The molecule has 7 heteroatoms. The van der Waals surface area contributed by atoms with Crippen LogP contribution in [0.1, 0.15) is 26.5 Å². The molecule has 0 aliphatic carbocycles. The summed E-state index contributed by atoms with van der Waals surface area (Å²) in [6.07, 6.45) is 3.14. The molecule has 0 atom stereocenters. The van der Waals surface area contributed by atoms with Gasteiger partial charge in [-0.2, -0.15) is 0 Å². The fourth-order valence-electron chi connectivity index (χ4n) is 2.44. The predicted molar refractivity (Wildman–Crippen MR) is 103 cm³/mol. The lowest BCUT2D eigenvalue weighted by atomic mass is 10.1. The van der Waals surface area contributed by atoms with Gasteiger partial charge in [-0.25, -0.2) is 4.98 Å². The minimum absolute atomic E-state index is 0.208. The third-order valence-electron chi connectivity index (χ3n) is 3.85. The number of carbonyl (C=O) groups is 2. The van der Waals surface area contributed by atoms with E-state index in [1.807, 2.05) is 31.1 Å². The molecule has 0 bridgehead atoms. The molecular weight excluding hydrogens is 344 g/mol. The van der Waals surface area contributed by atoms with Crippen LogP contribution < -0.4 is 15.5 Å². The van der Waals surface area contributed by atoms with E-state index in [2.05, 4.69) is 15.6 Å². The first-order valence-corrected chi connectivity index (χ1v) is 8.38. The molecule has 0 unspecified atom stereocenters. The second kappa shape index (κ2) is 8.18. The number of hydrogen-bond donors (Lipinski definition) is 2. The second-order valence-corrected chi connectivity index (χ2v) is 6.11. The van der Waals surface area contributed by atoms with Crippen molar-refractivity contribution >= 4 is 23.3 Å². The fourth-order valence-corrected chi connectivity index (χ4v) is 2.44. The molecule has 2 aromatic heterocycles. The summed E-state index contributed by atoms with van der Waals surface area (Å²) in [6, 6.07) is 13.7. The van der Waals surface area contributed by atoms with E-state index in [1.54, 1.807) is 42.6 Å². The van der Waals surface area contributed by atoms with Crippen LogP contribution in [-0.2, 0) is 6.54 Å². The molecule has 1 aromatic carbocycles. The smallest absolute Gasteiger partial charge is 0.291 e. The van der Waals surface area contributed by atoms with Gasteiger partial charge in [0.05, 0.1) is 6.26 Å². The Labute approximate surface area is 157 Å². The van der Waals surface area contributed by atoms with Gasteiger partial charge >= 0.3 is 0 Å². The summed E-state index contributed by atoms with van der Waals surface area (Å²) in [4.78, 5) is 30.6. The highest BCUT2D eigenvalue weighted by Crippen LogP contribution is 2.14. The zero-order valence-corrected chi connectivity index (χ0v) is 15.1. The quantitative estimate of drug-likeness (QED) is 0.702. The third kappa shape index (κ3) is 4.72. The molecule has 0 fully saturated rings. The van der Waals surface area contributed by atoms with Gasteiger partial charge in [0.15, 0.2) is 5.76 Å². The lowest BCUT2D eigenvalue weighted by Crippen LogP contribution is -2.23. The largest absolute Gasteiger partial charge is 0.459 e. The highest BCUT2D eigenvalue weighted by Gasteiger charge is 2.11. The molecule has 0 radical (unpaired) electrons. The number of rotatable bonds is 6. The van der Waals surface area contributed by atoms with Gasteiger partial charge in [0.2, 0.25) is 0 Å². The van der Waals surface area contributed by atoms with Gasteiger partial charge in [0.25, 0.3) is 11.8 Å². The molecule has 7 nitrogen and oxygen atoms in total. The standard InChI is InChI=1S/C20H20N4O3/c1-24(2)18-11-14(8-9-21-18)13-22-19(25)15-5-3-6-16(12-15)23-20(26)17-7-4-10-27-17/h3-12H,13H2,1-2H3,(H,22,25)(H,23,26). The topological polar surface area (TPSA) is 87.5 Å². The van der Waals surface area contributed by atoms with Crippen molar-refractivity contribution in [2.24, 2.45) is 0 Å². The average Bonchev–Trinajstić information content (AvgIpc) is 3.21. The molecule has 3 rings (SSSR count). The number of benzene rings is 1. The molecule has 0 aliphatic rings. The lowest BCUT2D eigenvalue weighted by molar-refractivity contribution is 0.0949. The minimum Gasteiger partial charge on any atom is -0.459 e. The summed E-state index contributed by atoms with van der Waals surface area (Å²) in [6.45, 7) is 0.380. The van der Waals surface area contributed by atoms with Gasteiger partial charge in [0, 0.05) is 38.1 Å². The number of nitrogens with one attached hydrogen (secondary N) is 2. The van der Waals surface area contributed by atoms with Gasteiger partial charge in [-0.15, -0.1) is 0 Å². The van der Waals surface area contributed by atoms with E-state index < -0.39 is 0 Å². The van der Waals surface area contributed by atoms with Gasteiger partial charge < -0.3 is 20.0 Å². The zero-order valence-electron chi connectivity index (χ0n) is 15.1. The van der Waals surface area contributed by atoms with Gasteiger partial charge in [-0.3, -0.25) is 9.59 Å². The van der Waals surface area contributed by atoms with E-state index in [-0.39, 0.29) is 17.6 Å². The summed E-state index contributed by atoms with van der Waals surface area (Å²) in [5.41, 5.74) is 1.92. The number of aromatic nitrogens is 1. The molecule has 138 valence electrons. The Bertz CT molecular complexity index is 936. The molecule has 2 N–H and O–H groups in total. The molecular formula is C20H20N4O3. The summed E-state index contributed by atoms with van der Waals surface area (Å²) in [7, 11) is 3.82. The second-order valence-electron chi connectivity index (χ2n) is 6.11. The van der Waals surface area contributed by atoms with Crippen LogP contribution in [0.25, 0.3) is 0 Å². The normalized spacial score (nSPS) is 10.3. The molecule has 3 aromatic rings. The highest BCUT2D eigenvalue weighted by molar-refractivity contribution is 6.03. The Morgan fingerprint density at radius 3 is 2.67 bits per heavy atom. The zero-order chi connectivity index (χ0) is 19.2. The number of carbonyl (C=O) groups excluding carboxylic acids is 2. The van der Waals surface area contributed by atoms with Crippen LogP contribution in [0.4, 0.5) is 11.5 Å². The Hall–Kier alpha value is -3.61. The number of nitrogens with zero attached hydrogens (tertiary/aromatic N) is 2. The molecule has 2 heterocycles. The van der Waals surface area contributed by atoms with E-state index in [4.69, 9.17) is 4.42 Å². The fraction of sp³-hybridized carbons (Fsp3) is 0.150. The predicted octanol–water partition coefficient (Wildman–Crippen LogP) is 2.92. The first-order chi connectivity index (χ1) is 13.0. The van der Waals surface area contributed by atoms with Crippen LogP contribution in [0.15, 0.2) is 65.4 Å². The molecule has 0 spiro atoms. The maximum absolute atomic E-state index is 12.4. The van der Waals surface area contributed by atoms with Crippen LogP contribution in [0.3, 0.4) is 0 Å². The molecule has 2 amide bonds. The third-order valence-corrected chi connectivity index (χ3v) is 3.85. The van der Waals surface area contributed by atoms with Crippen molar-refractivity contribution in [3.8, 4) is 0 Å². The van der Waals surface area contributed by atoms with Crippen LogP contribution in [0.5, 0.6) is 0 Å². The monoisotopic (exact) mass is 364 g/mol. The van der Waals surface area contributed by atoms with Gasteiger partial charge in [0.1, 0.15) is 5.82 Å². The summed E-state index contributed by atoms with van der Waals surface area (Å²) < 4.78 is 5.06. The maximum atomic E-state index is 12.4. The first-order valence-electron chi connectivity index (χ1n) is 8.38. The van der Waals surface area contributed by atoms with Crippen molar-refractivity contribution < 1.29 is 14.0 Å². The Morgan fingerprint density at radius 1 is 1.07 bits per heavy atom. The van der Waals surface area contributed by atoms with Crippen molar-refractivity contribution in [2.45, 2.75) is 6.54 Å². The number of anilines is 2. The molecule has 27 heavy (non-hydrogen) atoms. The Kier molecular flexibility index (Phi) is 5.51. The molecule has 0 saturated carbocycles. The SMILES string of the molecule is CN(C)c1cc(CNC(=O)c2cccc(NC(=O)c3ccco3)c2)ccn1. The van der Waals surface area contributed by atoms with Crippen molar-refractivity contribution in [1.82, 2.24) is 10.3 Å². The molecule has 0 aliphatic heterocycles.